The Morgan fingerprint density at radius 3 is 3.05 bits per heavy atom. The molecule has 2 heterocycles. The van der Waals surface area contributed by atoms with Gasteiger partial charge >= 0.3 is 5.97 Å². The number of carbonyl (C=O) groups excluding carboxylic acids is 1. The topological polar surface area (TPSA) is 87.6 Å². The summed E-state index contributed by atoms with van der Waals surface area (Å²) < 4.78 is 15.5. The Kier molecular flexibility index (Phi) is 4.02. The van der Waals surface area contributed by atoms with Crippen LogP contribution in [0.2, 0.25) is 0 Å². The fourth-order valence-corrected chi connectivity index (χ4v) is 1.47. The lowest BCUT2D eigenvalue weighted by Gasteiger charge is -2.09. The molecule has 2 rings (SSSR count). The van der Waals surface area contributed by atoms with Gasteiger partial charge in [0.2, 0.25) is 5.88 Å². The van der Waals surface area contributed by atoms with Crippen molar-refractivity contribution in [2.24, 2.45) is 0 Å². The summed E-state index contributed by atoms with van der Waals surface area (Å²) in [5.41, 5.74) is 6.18. The maximum Gasteiger partial charge on any atom is 0.343 e. The van der Waals surface area contributed by atoms with Crippen LogP contribution in [-0.2, 0) is 11.3 Å². The summed E-state index contributed by atoms with van der Waals surface area (Å²) in [5, 5.41) is 0. The number of anilines is 1. The molecule has 0 amide bonds. The Bertz CT molecular complexity index is 552. The molecule has 6 nitrogen and oxygen atoms in total. The molecule has 0 aliphatic carbocycles. The highest BCUT2D eigenvalue weighted by atomic mass is 16.5. The predicted octanol–water partition coefficient (Wildman–Crippen LogP) is 2.01. The van der Waals surface area contributed by atoms with Crippen LogP contribution in [0.25, 0.3) is 0 Å². The van der Waals surface area contributed by atoms with E-state index in [4.69, 9.17) is 19.6 Å². The number of pyridine rings is 1. The minimum atomic E-state index is -0.517. The van der Waals surface area contributed by atoms with Gasteiger partial charge in [-0.05, 0) is 25.1 Å². The minimum Gasteiger partial charge on any atom is -0.469 e. The highest BCUT2D eigenvalue weighted by Crippen LogP contribution is 2.20. The fourth-order valence-electron chi connectivity index (χ4n) is 1.47. The number of rotatable bonds is 5. The molecule has 0 radical (unpaired) electrons. The maximum atomic E-state index is 11.8. The summed E-state index contributed by atoms with van der Waals surface area (Å²) in [5.74, 6) is 0.286. The highest BCUT2D eigenvalue weighted by Gasteiger charge is 2.16. The molecule has 0 aliphatic heterocycles. The summed E-state index contributed by atoms with van der Waals surface area (Å²) in [6, 6.07) is 4.99. The van der Waals surface area contributed by atoms with E-state index in [0.717, 1.165) is 0 Å². The smallest absolute Gasteiger partial charge is 0.343 e. The first-order valence-electron chi connectivity index (χ1n) is 5.78. The zero-order valence-corrected chi connectivity index (χ0v) is 10.5. The second-order valence-electron chi connectivity index (χ2n) is 3.71. The second-order valence-corrected chi connectivity index (χ2v) is 3.71. The van der Waals surface area contributed by atoms with E-state index in [-0.39, 0.29) is 24.7 Å². The van der Waals surface area contributed by atoms with Gasteiger partial charge in [-0.15, -0.1) is 0 Å². The third kappa shape index (κ3) is 3.25. The number of aromatic nitrogens is 1. The van der Waals surface area contributed by atoms with Crippen LogP contribution in [-0.4, -0.2) is 17.6 Å². The molecule has 0 fully saturated rings. The SMILES string of the molecule is CCOC(=O)c1cc(N)cnc1OCc1ccco1. The number of ether oxygens (including phenoxy) is 2. The van der Waals surface area contributed by atoms with Crippen LogP contribution in [0.4, 0.5) is 5.69 Å². The number of esters is 1. The molecule has 2 aromatic heterocycles. The Labute approximate surface area is 110 Å². The average Bonchev–Trinajstić information content (AvgIpc) is 2.90. The van der Waals surface area contributed by atoms with Gasteiger partial charge in [-0.1, -0.05) is 0 Å². The summed E-state index contributed by atoms with van der Waals surface area (Å²) in [6.07, 6.45) is 2.96. The van der Waals surface area contributed by atoms with Crippen molar-refractivity contribution in [3.05, 3.63) is 42.0 Å². The molecule has 6 heteroatoms. The number of hydrogen-bond acceptors (Lipinski definition) is 6. The zero-order chi connectivity index (χ0) is 13.7. The van der Waals surface area contributed by atoms with Crippen molar-refractivity contribution in [2.75, 3.05) is 12.3 Å². The standard InChI is InChI=1S/C13H14N2O4/c1-2-17-13(16)11-6-9(14)7-15-12(11)19-8-10-4-3-5-18-10/h3-7H,2,8,14H2,1H3. The molecular formula is C13H14N2O4. The van der Waals surface area contributed by atoms with Crippen molar-refractivity contribution in [3.63, 3.8) is 0 Å². The van der Waals surface area contributed by atoms with Crippen LogP contribution in [0.15, 0.2) is 35.1 Å². The molecule has 100 valence electrons. The summed E-state index contributed by atoms with van der Waals surface area (Å²) in [4.78, 5) is 15.7. The van der Waals surface area contributed by atoms with E-state index < -0.39 is 5.97 Å². The van der Waals surface area contributed by atoms with E-state index in [2.05, 4.69) is 4.98 Å². The van der Waals surface area contributed by atoms with Gasteiger partial charge in [-0.2, -0.15) is 0 Å². The Balaban J connectivity index is 2.16. The lowest BCUT2D eigenvalue weighted by Crippen LogP contribution is -2.10. The molecule has 0 aromatic carbocycles. The summed E-state index contributed by atoms with van der Waals surface area (Å²) >= 11 is 0. The lowest BCUT2D eigenvalue weighted by molar-refractivity contribution is 0.0519. The summed E-state index contributed by atoms with van der Waals surface area (Å²) in [7, 11) is 0. The molecule has 2 N–H and O–H groups in total. The van der Waals surface area contributed by atoms with Gasteiger partial charge in [-0.25, -0.2) is 9.78 Å². The normalized spacial score (nSPS) is 10.2. The van der Waals surface area contributed by atoms with E-state index in [1.807, 2.05) is 0 Å². The number of furan rings is 1. The van der Waals surface area contributed by atoms with Gasteiger partial charge < -0.3 is 19.6 Å². The molecule has 0 saturated heterocycles. The predicted molar refractivity (Wildman–Crippen MR) is 67.6 cm³/mol. The molecule has 0 spiro atoms. The number of nitrogens with two attached hydrogens (primary N) is 1. The van der Waals surface area contributed by atoms with Crippen molar-refractivity contribution in [3.8, 4) is 5.88 Å². The zero-order valence-electron chi connectivity index (χ0n) is 10.5. The Morgan fingerprint density at radius 1 is 1.53 bits per heavy atom. The van der Waals surface area contributed by atoms with Crippen LogP contribution in [0.5, 0.6) is 5.88 Å². The molecule has 0 bridgehead atoms. The lowest BCUT2D eigenvalue weighted by atomic mass is 10.2. The van der Waals surface area contributed by atoms with E-state index >= 15 is 0 Å². The van der Waals surface area contributed by atoms with Crippen molar-refractivity contribution < 1.29 is 18.7 Å². The number of nitrogen functional groups attached to an aromatic ring is 1. The first-order valence-corrected chi connectivity index (χ1v) is 5.78. The third-order valence-corrected chi connectivity index (χ3v) is 2.30. The number of nitrogens with zero attached hydrogens (tertiary/aromatic N) is 1. The fraction of sp³-hybridized carbons (Fsp3) is 0.231. The minimum absolute atomic E-state index is 0.170. The van der Waals surface area contributed by atoms with Crippen LogP contribution in [0, 0.1) is 0 Å². The van der Waals surface area contributed by atoms with Crippen molar-refractivity contribution >= 4 is 11.7 Å². The largest absolute Gasteiger partial charge is 0.469 e. The van der Waals surface area contributed by atoms with Crippen LogP contribution in [0.1, 0.15) is 23.0 Å². The molecule has 0 atom stereocenters. The van der Waals surface area contributed by atoms with Gasteiger partial charge in [-0.3, -0.25) is 0 Å². The first-order chi connectivity index (χ1) is 9.20. The van der Waals surface area contributed by atoms with Crippen molar-refractivity contribution in [1.82, 2.24) is 4.98 Å². The van der Waals surface area contributed by atoms with E-state index in [1.54, 1.807) is 25.3 Å². The van der Waals surface area contributed by atoms with Gasteiger partial charge in [0.15, 0.2) is 0 Å². The molecule has 2 aromatic rings. The van der Waals surface area contributed by atoms with Gasteiger partial charge in [0.1, 0.15) is 17.9 Å². The molecule has 19 heavy (non-hydrogen) atoms. The van der Waals surface area contributed by atoms with E-state index in [0.29, 0.717) is 11.4 Å². The second kappa shape index (κ2) is 5.90. The van der Waals surface area contributed by atoms with Gasteiger partial charge in [0.25, 0.3) is 0 Å². The van der Waals surface area contributed by atoms with Gasteiger partial charge in [0.05, 0.1) is 24.8 Å². The summed E-state index contributed by atoms with van der Waals surface area (Å²) in [6.45, 7) is 2.17. The number of hydrogen-bond donors (Lipinski definition) is 1. The van der Waals surface area contributed by atoms with E-state index in [9.17, 15) is 4.79 Å². The Hall–Kier alpha value is -2.50. The first kappa shape index (κ1) is 12.9. The molecule has 0 unspecified atom stereocenters. The van der Waals surface area contributed by atoms with E-state index in [1.165, 1.54) is 12.3 Å². The highest BCUT2D eigenvalue weighted by molar-refractivity contribution is 5.92. The van der Waals surface area contributed by atoms with Gasteiger partial charge in [0, 0.05) is 0 Å². The quantitative estimate of drug-likeness (QED) is 0.829. The third-order valence-electron chi connectivity index (χ3n) is 2.30. The Morgan fingerprint density at radius 2 is 2.37 bits per heavy atom. The molecule has 0 saturated carbocycles. The molecular weight excluding hydrogens is 248 g/mol. The number of carbonyl (C=O) groups is 1. The van der Waals surface area contributed by atoms with Crippen LogP contribution < -0.4 is 10.5 Å². The van der Waals surface area contributed by atoms with Crippen molar-refractivity contribution in [1.29, 1.82) is 0 Å². The monoisotopic (exact) mass is 262 g/mol. The molecule has 0 aliphatic rings. The van der Waals surface area contributed by atoms with Crippen molar-refractivity contribution in [2.45, 2.75) is 13.5 Å². The average molecular weight is 262 g/mol. The van der Waals surface area contributed by atoms with Crippen LogP contribution >= 0.6 is 0 Å². The maximum absolute atomic E-state index is 11.8. The van der Waals surface area contributed by atoms with Crippen LogP contribution in [0.3, 0.4) is 0 Å².